The lowest BCUT2D eigenvalue weighted by Gasteiger charge is -2.04. The Balaban J connectivity index is 2.14. The highest BCUT2D eigenvalue weighted by Crippen LogP contribution is 2.17. The zero-order valence-corrected chi connectivity index (χ0v) is 9.76. The average Bonchev–Trinajstić information content (AvgIpc) is 2.37. The van der Waals surface area contributed by atoms with Gasteiger partial charge in [-0.1, -0.05) is 12.1 Å². The van der Waals surface area contributed by atoms with Crippen molar-refractivity contribution in [3.8, 4) is 17.1 Å². The molecule has 18 heavy (non-hydrogen) atoms. The van der Waals surface area contributed by atoms with Crippen LogP contribution in [-0.4, -0.2) is 22.4 Å². The van der Waals surface area contributed by atoms with Gasteiger partial charge in [-0.15, -0.1) is 0 Å². The molecular weight excluding hydrogens is 235 g/mol. The molecule has 4 nitrogen and oxygen atoms in total. The topological polar surface area (TPSA) is 52.1 Å². The molecule has 0 unspecified atom stereocenters. The molecule has 0 aliphatic heterocycles. The average molecular weight is 246 g/mol. The molecule has 5 heteroatoms. The largest absolute Gasteiger partial charge is 0.483 e. The van der Waals surface area contributed by atoms with Gasteiger partial charge in [0.1, 0.15) is 12.4 Å². The highest BCUT2D eigenvalue weighted by atomic mass is 19.1. The molecule has 0 saturated carbocycles. The van der Waals surface area contributed by atoms with Crippen molar-refractivity contribution in [1.82, 2.24) is 9.97 Å². The first-order valence-corrected chi connectivity index (χ1v) is 5.35. The minimum Gasteiger partial charge on any atom is -0.483 e. The number of carbonyl (C=O) groups is 1. The summed E-state index contributed by atoms with van der Waals surface area (Å²) in [5, 5.41) is 0. The van der Waals surface area contributed by atoms with Crippen LogP contribution in [0.1, 0.15) is 6.92 Å². The molecule has 0 spiro atoms. The predicted octanol–water partition coefficient (Wildman–Crippen LogP) is 2.25. The summed E-state index contributed by atoms with van der Waals surface area (Å²) in [5.41, 5.74) is 0.591. The number of ketones is 1. The van der Waals surface area contributed by atoms with Gasteiger partial charge >= 0.3 is 0 Å². The van der Waals surface area contributed by atoms with E-state index in [1.165, 1.54) is 31.5 Å². The number of halogens is 1. The monoisotopic (exact) mass is 246 g/mol. The summed E-state index contributed by atoms with van der Waals surface area (Å²) in [6.45, 7) is 1.42. The van der Waals surface area contributed by atoms with E-state index in [0.717, 1.165) is 0 Å². The number of benzene rings is 1. The van der Waals surface area contributed by atoms with Gasteiger partial charge in [-0.05, 0) is 19.1 Å². The summed E-state index contributed by atoms with van der Waals surface area (Å²) < 4.78 is 18.2. The van der Waals surface area contributed by atoms with E-state index in [-0.39, 0.29) is 18.2 Å². The Morgan fingerprint density at radius 2 is 2.06 bits per heavy atom. The normalized spacial score (nSPS) is 10.1. The molecule has 0 amide bonds. The number of hydrogen-bond donors (Lipinski definition) is 0. The number of carbonyl (C=O) groups excluding carboxylic acids is 1. The van der Waals surface area contributed by atoms with E-state index in [0.29, 0.717) is 17.1 Å². The van der Waals surface area contributed by atoms with Crippen molar-refractivity contribution >= 4 is 5.78 Å². The maximum Gasteiger partial charge on any atom is 0.167 e. The van der Waals surface area contributed by atoms with Crippen molar-refractivity contribution in [2.45, 2.75) is 6.92 Å². The summed E-state index contributed by atoms with van der Waals surface area (Å²) in [6.07, 6.45) is 2.91. The second-order valence-corrected chi connectivity index (χ2v) is 3.74. The van der Waals surface area contributed by atoms with E-state index >= 15 is 0 Å². The number of ether oxygens (including phenoxy) is 1. The number of rotatable bonds is 4. The molecule has 2 rings (SSSR count). The zero-order chi connectivity index (χ0) is 13.0. The lowest BCUT2D eigenvalue weighted by molar-refractivity contribution is -0.118. The fraction of sp³-hybridized carbons (Fsp3) is 0.154. The summed E-state index contributed by atoms with van der Waals surface area (Å²) in [5.74, 6) is 0.396. The third-order valence-corrected chi connectivity index (χ3v) is 2.15. The number of nitrogens with zero attached hydrogens (tertiary/aromatic N) is 2. The van der Waals surface area contributed by atoms with Gasteiger partial charge in [-0.25, -0.2) is 14.4 Å². The Hall–Kier alpha value is -2.30. The molecule has 0 radical (unpaired) electrons. The minimum absolute atomic E-state index is 0.0112. The Morgan fingerprint density at radius 3 is 2.67 bits per heavy atom. The Kier molecular flexibility index (Phi) is 3.62. The van der Waals surface area contributed by atoms with Crippen LogP contribution in [0.3, 0.4) is 0 Å². The Morgan fingerprint density at radius 1 is 1.33 bits per heavy atom. The first-order valence-electron chi connectivity index (χ1n) is 5.35. The van der Waals surface area contributed by atoms with Crippen LogP contribution in [0.5, 0.6) is 5.75 Å². The van der Waals surface area contributed by atoms with E-state index in [2.05, 4.69) is 9.97 Å². The molecule has 92 valence electrons. The molecule has 0 N–H and O–H groups in total. The number of Topliss-reactive ketones (excluding diaryl/α,β-unsaturated/α-hetero) is 1. The van der Waals surface area contributed by atoms with Gasteiger partial charge in [0.2, 0.25) is 0 Å². The van der Waals surface area contributed by atoms with Crippen molar-refractivity contribution in [3.05, 3.63) is 42.5 Å². The van der Waals surface area contributed by atoms with Gasteiger partial charge in [-0.3, -0.25) is 4.79 Å². The Labute approximate surface area is 103 Å². The summed E-state index contributed by atoms with van der Waals surface area (Å²) >= 11 is 0. The van der Waals surface area contributed by atoms with E-state index < -0.39 is 0 Å². The fourth-order valence-electron chi connectivity index (χ4n) is 1.35. The number of aromatic nitrogens is 2. The standard InChI is InChI=1S/C13H11FN2O2/c1-9(17)8-18-12-6-15-13(16-7-12)10-3-2-4-11(14)5-10/h2-7H,8H2,1H3. The molecule has 1 aromatic carbocycles. The first-order chi connectivity index (χ1) is 8.65. The molecule has 1 heterocycles. The van der Waals surface area contributed by atoms with Crippen LogP contribution < -0.4 is 4.74 Å². The zero-order valence-electron chi connectivity index (χ0n) is 9.76. The summed E-state index contributed by atoms with van der Waals surface area (Å²) in [6, 6.07) is 6.02. The van der Waals surface area contributed by atoms with Crippen molar-refractivity contribution < 1.29 is 13.9 Å². The highest BCUT2D eigenvalue weighted by Gasteiger charge is 2.03. The van der Waals surface area contributed by atoms with E-state index in [9.17, 15) is 9.18 Å². The van der Waals surface area contributed by atoms with Gasteiger partial charge in [0, 0.05) is 5.56 Å². The molecule has 0 atom stereocenters. The third kappa shape index (κ3) is 3.10. The highest BCUT2D eigenvalue weighted by molar-refractivity contribution is 5.77. The second-order valence-electron chi connectivity index (χ2n) is 3.74. The van der Waals surface area contributed by atoms with Gasteiger partial charge in [0.25, 0.3) is 0 Å². The maximum absolute atomic E-state index is 13.0. The van der Waals surface area contributed by atoms with Crippen molar-refractivity contribution in [1.29, 1.82) is 0 Å². The smallest absolute Gasteiger partial charge is 0.167 e. The van der Waals surface area contributed by atoms with Crippen LogP contribution in [0.4, 0.5) is 4.39 Å². The van der Waals surface area contributed by atoms with Gasteiger partial charge in [-0.2, -0.15) is 0 Å². The first kappa shape index (κ1) is 12.2. The van der Waals surface area contributed by atoms with Crippen LogP contribution >= 0.6 is 0 Å². The summed E-state index contributed by atoms with van der Waals surface area (Å²) in [7, 11) is 0. The third-order valence-electron chi connectivity index (χ3n) is 2.15. The molecule has 1 aromatic heterocycles. The van der Waals surface area contributed by atoms with Crippen molar-refractivity contribution in [2.75, 3.05) is 6.61 Å². The molecule has 2 aromatic rings. The van der Waals surface area contributed by atoms with Crippen LogP contribution in [0.15, 0.2) is 36.7 Å². The van der Waals surface area contributed by atoms with E-state index in [1.54, 1.807) is 12.1 Å². The minimum atomic E-state index is -0.340. The SMILES string of the molecule is CC(=O)COc1cnc(-c2cccc(F)c2)nc1. The summed E-state index contributed by atoms with van der Waals surface area (Å²) in [4.78, 5) is 18.8. The van der Waals surface area contributed by atoms with Crippen LogP contribution in [0.25, 0.3) is 11.4 Å². The molecule has 0 saturated heterocycles. The molecule has 0 bridgehead atoms. The maximum atomic E-state index is 13.0. The fourth-order valence-corrected chi connectivity index (χ4v) is 1.35. The molecule has 0 aliphatic carbocycles. The van der Waals surface area contributed by atoms with Crippen molar-refractivity contribution in [2.24, 2.45) is 0 Å². The van der Waals surface area contributed by atoms with E-state index in [1.807, 2.05) is 0 Å². The second kappa shape index (κ2) is 5.35. The van der Waals surface area contributed by atoms with Crippen LogP contribution in [0.2, 0.25) is 0 Å². The lowest BCUT2D eigenvalue weighted by Crippen LogP contribution is -2.07. The quantitative estimate of drug-likeness (QED) is 0.830. The van der Waals surface area contributed by atoms with Crippen LogP contribution in [0, 0.1) is 5.82 Å². The Bertz CT molecular complexity index is 555. The van der Waals surface area contributed by atoms with Gasteiger partial charge in [0.05, 0.1) is 12.4 Å². The van der Waals surface area contributed by atoms with E-state index in [4.69, 9.17) is 4.74 Å². The lowest BCUT2D eigenvalue weighted by atomic mass is 10.2. The van der Waals surface area contributed by atoms with Gasteiger partial charge in [0.15, 0.2) is 17.4 Å². The molecule has 0 aliphatic rings. The molecule has 0 fully saturated rings. The molecular formula is C13H11FN2O2. The van der Waals surface area contributed by atoms with Gasteiger partial charge < -0.3 is 4.74 Å². The van der Waals surface area contributed by atoms with Crippen LogP contribution in [-0.2, 0) is 4.79 Å². The predicted molar refractivity (Wildman–Crippen MR) is 63.6 cm³/mol. The number of hydrogen-bond acceptors (Lipinski definition) is 4. The van der Waals surface area contributed by atoms with Crippen molar-refractivity contribution in [3.63, 3.8) is 0 Å².